The summed E-state index contributed by atoms with van der Waals surface area (Å²) in [7, 11) is 0. The van der Waals surface area contributed by atoms with Crippen LogP contribution in [0, 0.1) is 19.8 Å². The van der Waals surface area contributed by atoms with Gasteiger partial charge < -0.3 is 10.2 Å². The highest BCUT2D eigenvalue weighted by Gasteiger charge is 2.39. The molecule has 1 aromatic rings. The Morgan fingerprint density at radius 3 is 2.77 bits per heavy atom. The van der Waals surface area contributed by atoms with Crippen LogP contribution in [0.1, 0.15) is 41.5 Å². The molecule has 0 aliphatic carbocycles. The van der Waals surface area contributed by atoms with Crippen molar-refractivity contribution in [2.75, 3.05) is 19.6 Å². The summed E-state index contributed by atoms with van der Waals surface area (Å²) in [4.78, 5) is 26.2. The number of carbonyl (C=O) groups excluding carboxylic acids is 2. The third-order valence-corrected chi connectivity index (χ3v) is 5.04. The molecule has 0 aromatic carbocycles. The number of aryl methyl sites for hydroxylation is 2. The quantitative estimate of drug-likeness (QED) is 0.840. The van der Waals surface area contributed by atoms with Crippen LogP contribution in [0.2, 0.25) is 0 Å². The van der Waals surface area contributed by atoms with Gasteiger partial charge in [-0.15, -0.1) is 0 Å². The Balaban J connectivity index is 1.64. The standard InChI is InChI=1S/C16H24N4O2/c1-10-16(12(3)21)11(2)20(18-10)7-5-15(22)19-6-4-13-8-17-9-14(13)19/h13-14,17H,4-9H2,1-3H3/t13-,14+/m1/s1. The maximum atomic E-state index is 12.5. The molecule has 1 N–H and O–H groups in total. The van der Waals surface area contributed by atoms with Gasteiger partial charge in [-0.05, 0) is 33.1 Å². The third-order valence-electron chi connectivity index (χ3n) is 5.04. The van der Waals surface area contributed by atoms with Crippen LogP contribution in [-0.4, -0.2) is 52.0 Å². The normalized spacial score (nSPS) is 23.9. The molecular weight excluding hydrogens is 280 g/mol. The molecule has 2 aliphatic rings. The van der Waals surface area contributed by atoms with Crippen LogP contribution in [0.3, 0.4) is 0 Å². The van der Waals surface area contributed by atoms with Crippen molar-refractivity contribution < 1.29 is 9.59 Å². The van der Waals surface area contributed by atoms with E-state index in [-0.39, 0.29) is 11.7 Å². The van der Waals surface area contributed by atoms with Crippen molar-refractivity contribution in [1.29, 1.82) is 0 Å². The first-order valence-electron chi connectivity index (χ1n) is 8.04. The van der Waals surface area contributed by atoms with Crippen molar-refractivity contribution in [2.24, 2.45) is 5.92 Å². The zero-order chi connectivity index (χ0) is 15.9. The smallest absolute Gasteiger partial charge is 0.224 e. The van der Waals surface area contributed by atoms with E-state index in [4.69, 9.17) is 0 Å². The summed E-state index contributed by atoms with van der Waals surface area (Å²) in [6.07, 6.45) is 1.56. The van der Waals surface area contributed by atoms with E-state index in [1.165, 1.54) is 0 Å². The van der Waals surface area contributed by atoms with Gasteiger partial charge in [-0.2, -0.15) is 5.10 Å². The van der Waals surface area contributed by atoms with Gasteiger partial charge in [-0.3, -0.25) is 14.3 Å². The fourth-order valence-corrected chi connectivity index (χ4v) is 3.93. The lowest BCUT2D eigenvalue weighted by Gasteiger charge is -2.23. The van der Waals surface area contributed by atoms with Crippen LogP contribution < -0.4 is 5.32 Å². The molecule has 6 heteroatoms. The van der Waals surface area contributed by atoms with Crippen LogP contribution in [0.25, 0.3) is 0 Å². The van der Waals surface area contributed by atoms with Gasteiger partial charge in [0.25, 0.3) is 0 Å². The van der Waals surface area contributed by atoms with E-state index in [2.05, 4.69) is 10.4 Å². The van der Waals surface area contributed by atoms with E-state index < -0.39 is 0 Å². The molecule has 1 aromatic heterocycles. The largest absolute Gasteiger partial charge is 0.338 e. The molecule has 0 spiro atoms. The van der Waals surface area contributed by atoms with Gasteiger partial charge in [-0.1, -0.05) is 0 Å². The number of carbonyl (C=O) groups is 2. The van der Waals surface area contributed by atoms with Crippen LogP contribution in [0.4, 0.5) is 0 Å². The maximum Gasteiger partial charge on any atom is 0.224 e. The van der Waals surface area contributed by atoms with Crippen molar-refractivity contribution >= 4 is 11.7 Å². The Hall–Kier alpha value is -1.69. The van der Waals surface area contributed by atoms with Crippen LogP contribution in [-0.2, 0) is 11.3 Å². The van der Waals surface area contributed by atoms with E-state index in [9.17, 15) is 9.59 Å². The molecule has 2 fully saturated rings. The fraction of sp³-hybridized carbons (Fsp3) is 0.688. The number of aromatic nitrogens is 2. The summed E-state index contributed by atoms with van der Waals surface area (Å²) in [5.41, 5.74) is 2.30. The summed E-state index contributed by atoms with van der Waals surface area (Å²) < 4.78 is 1.80. The molecule has 0 unspecified atom stereocenters. The Labute approximate surface area is 130 Å². The summed E-state index contributed by atoms with van der Waals surface area (Å²) in [6.45, 7) is 8.68. The summed E-state index contributed by atoms with van der Waals surface area (Å²) in [5, 5.41) is 7.78. The summed E-state index contributed by atoms with van der Waals surface area (Å²) in [6, 6.07) is 0.376. The van der Waals surface area contributed by atoms with Crippen molar-refractivity contribution in [3.63, 3.8) is 0 Å². The van der Waals surface area contributed by atoms with Crippen molar-refractivity contribution in [3.8, 4) is 0 Å². The first kappa shape index (κ1) is 15.2. The number of hydrogen-bond acceptors (Lipinski definition) is 4. The number of rotatable bonds is 4. The van der Waals surface area contributed by atoms with Gasteiger partial charge in [0.05, 0.1) is 11.3 Å². The number of nitrogens with zero attached hydrogens (tertiary/aromatic N) is 3. The molecule has 3 rings (SSSR count). The number of fused-ring (bicyclic) bond motifs is 1. The average Bonchev–Trinajstić information content (AvgIpc) is 3.10. The van der Waals surface area contributed by atoms with Crippen LogP contribution >= 0.6 is 0 Å². The zero-order valence-corrected chi connectivity index (χ0v) is 13.6. The number of nitrogens with one attached hydrogen (secondary N) is 1. The minimum Gasteiger partial charge on any atom is -0.338 e. The molecule has 6 nitrogen and oxygen atoms in total. The van der Waals surface area contributed by atoms with Crippen molar-refractivity contribution in [1.82, 2.24) is 20.0 Å². The molecule has 2 saturated heterocycles. The molecule has 3 heterocycles. The van der Waals surface area contributed by atoms with Gasteiger partial charge in [0, 0.05) is 44.3 Å². The fourth-order valence-electron chi connectivity index (χ4n) is 3.93. The first-order chi connectivity index (χ1) is 10.5. The topological polar surface area (TPSA) is 67.2 Å². The average molecular weight is 304 g/mol. The Bertz CT molecular complexity index is 608. The predicted molar refractivity (Wildman–Crippen MR) is 82.8 cm³/mol. The van der Waals surface area contributed by atoms with Gasteiger partial charge in [0.2, 0.25) is 5.91 Å². The maximum absolute atomic E-state index is 12.5. The second kappa shape index (κ2) is 5.83. The van der Waals surface area contributed by atoms with Crippen LogP contribution in [0.5, 0.6) is 0 Å². The van der Waals surface area contributed by atoms with E-state index in [1.807, 2.05) is 18.7 Å². The molecular formula is C16H24N4O2. The van der Waals surface area contributed by atoms with E-state index in [1.54, 1.807) is 11.6 Å². The lowest BCUT2D eigenvalue weighted by atomic mass is 10.1. The van der Waals surface area contributed by atoms with Gasteiger partial charge in [0.1, 0.15) is 0 Å². The number of likely N-dealkylation sites (tertiary alicyclic amines) is 1. The number of Topliss-reactive ketones (excluding diaryl/α,β-unsaturated/α-hetero) is 1. The number of ketones is 1. The SMILES string of the molecule is CC(=O)c1c(C)nn(CCC(=O)N2CC[C@@H]3CNC[C@@H]32)c1C. The Morgan fingerprint density at radius 1 is 1.32 bits per heavy atom. The summed E-state index contributed by atoms with van der Waals surface area (Å²) in [5.74, 6) is 0.863. The molecule has 2 atom stereocenters. The highest BCUT2D eigenvalue weighted by Crippen LogP contribution is 2.27. The highest BCUT2D eigenvalue weighted by molar-refractivity contribution is 5.96. The monoisotopic (exact) mass is 304 g/mol. The van der Waals surface area contributed by atoms with E-state index in [0.29, 0.717) is 30.5 Å². The minimum absolute atomic E-state index is 0.0343. The number of amides is 1. The van der Waals surface area contributed by atoms with E-state index >= 15 is 0 Å². The zero-order valence-electron chi connectivity index (χ0n) is 13.6. The molecule has 120 valence electrons. The second-order valence-corrected chi connectivity index (χ2v) is 6.44. The third kappa shape index (κ3) is 2.56. The van der Waals surface area contributed by atoms with Crippen LogP contribution in [0.15, 0.2) is 0 Å². The predicted octanol–water partition coefficient (Wildman–Crippen LogP) is 0.913. The molecule has 1 amide bonds. The molecule has 22 heavy (non-hydrogen) atoms. The summed E-state index contributed by atoms with van der Waals surface area (Å²) >= 11 is 0. The first-order valence-corrected chi connectivity index (χ1v) is 8.04. The van der Waals surface area contributed by atoms with E-state index in [0.717, 1.165) is 37.4 Å². The lowest BCUT2D eigenvalue weighted by molar-refractivity contribution is -0.132. The molecule has 0 saturated carbocycles. The lowest BCUT2D eigenvalue weighted by Crippen LogP contribution is -2.39. The number of hydrogen-bond donors (Lipinski definition) is 1. The van der Waals surface area contributed by atoms with Crippen molar-refractivity contribution in [3.05, 3.63) is 17.0 Å². The van der Waals surface area contributed by atoms with Gasteiger partial charge >= 0.3 is 0 Å². The molecule has 0 bridgehead atoms. The Morgan fingerprint density at radius 2 is 2.09 bits per heavy atom. The second-order valence-electron chi connectivity index (χ2n) is 6.44. The minimum atomic E-state index is 0.0343. The van der Waals surface area contributed by atoms with Crippen molar-refractivity contribution in [2.45, 2.75) is 46.2 Å². The molecule has 2 aliphatic heterocycles. The van der Waals surface area contributed by atoms with Gasteiger partial charge in [0.15, 0.2) is 5.78 Å². The highest BCUT2D eigenvalue weighted by atomic mass is 16.2. The Kier molecular flexibility index (Phi) is 4.04. The van der Waals surface area contributed by atoms with Gasteiger partial charge in [-0.25, -0.2) is 0 Å². The molecule has 0 radical (unpaired) electrons.